The maximum atomic E-state index is 13.5. The van der Waals surface area contributed by atoms with Crippen LogP contribution in [0.3, 0.4) is 0 Å². The fourth-order valence-electron chi connectivity index (χ4n) is 4.23. The van der Waals surface area contributed by atoms with E-state index in [2.05, 4.69) is 5.32 Å². The van der Waals surface area contributed by atoms with E-state index in [0.29, 0.717) is 29.6 Å². The number of hydrogen-bond acceptors (Lipinski definition) is 5. The van der Waals surface area contributed by atoms with Gasteiger partial charge < -0.3 is 14.5 Å². The minimum atomic E-state index is -4.02. The van der Waals surface area contributed by atoms with Gasteiger partial charge in [0.2, 0.25) is 15.9 Å². The molecule has 0 unspecified atom stereocenters. The highest BCUT2D eigenvalue weighted by Crippen LogP contribution is 2.29. The van der Waals surface area contributed by atoms with Crippen molar-refractivity contribution in [3.05, 3.63) is 68.2 Å². The Labute approximate surface area is 191 Å². The van der Waals surface area contributed by atoms with Crippen LogP contribution >= 0.6 is 0 Å². The van der Waals surface area contributed by atoms with Crippen molar-refractivity contribution in [1.82, 2.24) is 13.4 Å². The summed E-state index contributed by atoms with van der Waals surface area (Å²) in [5, 5.41) is 2.88. The summed E-state index contributed by atoms with van der Waals surface area (Å²) in [6.07, 6.45) is 0.973. The van der Waals surface area contributed by atoms with E-state index < -0.39 is 27.2 Å². The summed E-state index contributed by atoms with van der Waals surface area (Å²) in [7, 11) is -1.12. The van der Waals surface area contributed by atoms with Crippen LogP contribution in [0.4, 0.5) is 5.69 Å². The van der Waals surface area contributed by atoms with Gasteiger partial charge in [0.15, 0.2) is 0 Å². The molecule has 0 aliphatic carbocycles. The van der Waals surface area contributed by atoms with Crippen LogP contribution < -0.4 is 16.4 Å². The number of rotatable bonds is 4. The van der Waals surface area contributed by atoms with Crippen LogP contribution in [0.5, 0.6) is 0 Å². The van der Waals surface area contributed by atoms with Crippen LogP contribution in [-0.2, 0) is 28.9 Å². The lowest BCUT2D eigenvalue weighted by Gasteiger charge is -2.24. The maximum Gasteiger partial charge on any atom is 0.316 e. The highest BCUT2D eigenvalue weighted by atomic mass is 32.2. The molecule has 1 aliphatic rings. The smallest absolute Gasteiger partial charge is 0.316 e. The fourth-order valence-corrected chi connectivity index (χ4v) is 5.91. The van der Waals surface area contributed by atoms with E-state index in [4.69, 9.17) is 0 Å². The number of aryl methyl sites for hydroxylation is 4. The zero-order valence-electron chi connectivity index (χ0n) is 19.0. The van der Waals surface area contributed by atoms with E-state index >= 15 is 0 Å². The number of carbonyl (C=O) groups is 1. The molecule has 2 heterocycles. The third-order valence-electron chi connectivity index (χ3n) is 6.23. The summed E-state index contributed by atoms with van der Waals surface area (Å²) in [6, 6.07) is 9.15. The SMILES string of the molecule is Cc1ccc(C)c(NC(=O)[C@@H]2CCCN2S(=O)(=O)c2ccc3c(c2)n(C)c(=O)c(=O)n3C)c1. The van der Waals surface area contributed by atoms with Gasteiger partial charge in [0, 0.05) is 26.3 Å². The lowest BCUT2D eigenvalue weighted by Crippen LogP contribution is -2.43. The lowest BCUT2D eigenvalue weighted by molar-refractivity contribution is -0.119. The van der Waals surface area contributed by atoms with Crippen molar-refractivity contribution >= 4 is 32.7 Å². The first-order valence-corrected chi connectivity index (χ1v) is 12.1. The van der Waals surface area contributed by atoms with Crippen LogP contribution in [0.15, 0.2) is 50.9 Å². The van der Waals surface area contributed by atoms with E-state index in [1.807, 2.05) is 32.0 Å². The molecule has 1 aromatic heterocycles. The highest BCUT2D eigenvalue weighted by molar-refractivity contribution is 7.89. The summed E-state index contributed by atoms with van der Waals surface area (Å²) in [6.45, 7) is 4.02. The molecule has 0 saturated carbocycles. The van der Waals surface area contributed by atoms with E-state index in [0.717, 1.165) is 15.7 Å². The first kappa shape index (κ1) is 22.9. The highest BCUT2D eigenvalue weighted by Gasteiger charge is 2.39. The molecule has 0 spiro atoms. The Kier molecular flexibility index (Phi) is 5.75. The van der Waals surface area contributed by atoms with Crippen molar-refractivity contribution in [1.29, 1.82) is 0 Å². The van der Waals surface area contributed by atoms with Crippen molar-refractivity contribution in [3.8, 4) is 0 Å². The average molecular weight is 471 g/mol. The molecule has 1 saturated heterocycles. The van der Waals surface area contributed by atoms with Gasteiger partial charge >= 0.3 is 11.1 Å². The zero-order chi connectivity index (χ0) is 24.1. The molecule has 1 atom stereocenters. The Morgan fingerprint density at radius 3 is 2.33 bits per heavy atom. The summed E-state index contributed by atoms with van der Waals surface area (Å²) >= 11 is 0. The predicted octanol–water partition coefficient (Wildman–Crippen LogP) is 1.65. The third kappa shape index (κ3) is 3.89. The topological polar surface area (TPSA) is 110 Å². The molecule has 174 valence electrons. The number of anilines is 1. The molecule has 4 rings (SSSR count). The van der Waals surface area contributed by atoms with Gasteiger partial charge in [0.25, 0.3) is 0 Å². The fraction of sp³-hybridized carbons (Fsp3) is 0.348. The Balaban J connectivity index is 1.71. The second-order valence-corrected chi connectivity index (χ2v) is 10.4. The largest absolute Gasteiger partial charge is 0.324 e. The number of aromatic nitrogens is 2. The van der Waals surface area contributed by atoms with E-state index in [9.17, 15) is 22.8 Å². The first-order valence-electron chi connectivity index (χ1n) is 10.6. The van der Waals surface area contributed by atoms with Crippen molar-refractivity contribution in [2.45, 2.75) is 37.6 Å². The van der Waals surface area contributed by atoms with E-state index in [-0.39, 0.29) is 17.3 Å². The number of fused-ring (bicyclic) bond motifs is 1. The summed E-state index contributed by atoms with van der Waals surface area (Å²) in [5.41, 5.74) is 1.86. The monoisotopic (exact) mass is 470 g/mol. The average Bonchev–Trinajstić information content (AvgIpc) is 3.29. The molecule has 1 N–H and O–H groups in total. The lowest BCUT2D eigenvalue weighted by atomic mass is 10.1. The van der Waals surface area contributed by atoms with Crippen molar-refractivity contribution in [2.24, 2.45) is 14.1 Å². The normalized spacial score (nSPS) is 16.9. The molecule has 0 bridgehead atoms. The number of nitrogens with one attached hydrogen (secondary N) is 1. The molecule has 1 amide bonds. The minimum absolute atomic E-state index is 0.0323. The molecular weight excluding hydrogens is 444 g/mol. The summed E-state index contributed by atoms with van der Waals surface area (Å²) < 4.78 is 30.6. The van der Waals surface area contributed by atoms with Crippen LogP contribution in [0, 0.1) is 13.8 Å². The molecule has 33 heavy (non-hydrogen) atoms. The van der Waals surface area contributed by atoms with Gasteiger partial charge in [-0.25, -0.2) is 8.42 Å². The van der Waals surface area contributed by atoms with Crippen LogP contribution in [0.25, 0.3) is 11.0 Å². The maximum absolute atomic E-state index is 13.5. The standard InChI is InChI=1S/C23H26N4O5S/c1-14-7-8-15(2)17(12-14)24-21(28)19-6-5-11-27(19)33(31,32)16-9-10-18-20(13-16)26(4)23(30)22(29)25(18)3/h7-10,12-13,19H,5-6,11H2,1-4H3,(H,24,28)/t19-/m0/s1. The molecule has 10 heteroatoms. The molecular formula is C23H26N4O5S. The summed E-state index contributed by atoms with van der Waals surface area (Å²) in [5.74, 6) is -0.375. The minimum Gasteiger partial charge on any atom is -0.324 e. The van der Waals surface area contributed by atoms with E-state index in [1.165, 1.54) is 41.2 Å². The number of amides is 1. The Morgan fingerprint density at radius 1 is 0.970 bits per heavy atom. The van der Waals surface area contributed by atoms with Crippen LogP contribution in [0.1, 0.15) is 24.0 Å². The first-order chi connectivity index (χ1) is 15.5. The number of sulfonamides is 1. The van der Waals surface area contributed by atoms with Crippen molar-refractivity contribution < 1.29 is 13.2 Å². The van der Waals surface area contributed by atoms with Gasteiger partial charge in [-0.1, -0.05) is 12.1 Å². The summed E-state index contributed by atoms with van der Waals surface area (Å²) in [4.78, 5) is 37.3. The Bertz CT molecular complexity index is 1500. The molecule has 1 fully saturated rings. The number of carbonyl (C=O) groups excluding carboxylic acids is 1. The Hall–Kier alpha value is -3.24. The van der Waals surface area contributed by atoms with Gasteiger partial charge in [-0.2, -0.15) is 4.31 Å². The van der Waals surface area contributed by atoms with Crippen molar-refractivity contribution in [3.63, 3.8) is 0 Å². The third-order valence-corrected chi connectivity index (χ3v) is 8.13. The van der Waals surface area contributed by atoms with Crippen LogP contribution in [0.2, 0.25) is 0 Å². The van der Waals surface area contributed by atoms with Gasteiger partial charge in [-0.3, -0.25) is 14.4 Å². The molecule has 1 aliphatic heterocycles. The zero-order valence-corrected chi connectivity index (χ0v) is 19.8. The Morgan fingerprint density at radius 2 is 1.64 bits per heavy atom. The second kappa shape index (κ2) is 8.27. The van der Waals surface area contributed by atoms with Gasteiger partial charge in [0.1, 0.15) is 6.04 Å². The van der Waals surface area contributed by atoms with Gasteiger partial charge in [-0.15, -0.1) is 0 Å². The second-order valence-electron chi connectivity index (χ2n) is 8.46. The number of hydrogen-bond donors (Lipinski definition) is 1. The number of nitrogens with zero attached hydrogens (tertiary/aromatic N) is 3. The van der Waals surface area contributed by atoms with Gasteiger partial charge in [0.05, 0.1) is 15.9 Å². The van der Waals surface area contributed by atoms with Crippen molar-refractivity contribution in [2.75, 3.05) is 11.9 Å². The molecule has 3 aromatic rings. The predicted molar refractivity (Wildman–Crippen MR) is 126 cm³/mol. The molecule has 9 nitrogen and oxygen atoms in total. The van der Waals surface area contributed by atoms with Gasteiger partial charge in [-0.05, 0) is 62.1 Å². The van der Waals surface area contributed by atoms with Crippen LogP contribution in [-0.4, -0.2) is 40.4 Å². The van der Waals surface area contributed by atoms with E-state index in [1.54, 1.807) is 0 Å². The molecule has 0 radical (unpaired) electrons. The molecule has 2 aromatic carbocycles. The quantitative estimate of drug-likeness (QED) is 0.583. The number of benzene rings is 2.